The molecule has 1 unspecified atom stereocenters. The van der Waals surface area contributed by atoms with E-state index in [2.05, 4.69) is 20.3 Å². The molecule has 4 aromatic rings. The van der Waals surface area contributed by atoms with Gasteiger partial charge in [-0.3, -0.25) is 14.0 Å². The second-order valence-electron chi connectivity index (χ2n) is 9.02. The lowest BCUT2D eigenvalue weighted by Crippen LogP contribution is -2.22. The molecule has 0 spiro atoms. The van der Waals surface area contributed by atoms with Crippen molar-refractivity contribution in [3.8, 4) is 11.3 Å². The number of carbonyl (C=O) groups excluding carboxylic acids is 1. The van der Waals surface area contributed by atoms with Gasteiger partial charge in [-0.05, 0) is 61.8 Å². The van der Waals surface area contributed by atoms with Crippen LogP contribution in [-0.4, -0.2) is 41.8 Å². The highest BCUT2D eigenvalue weighted by molar-refractivity contribution is 7.84. The summed E-state index contributed by atoms with van der Waals surface area (Å²) >= 11 is 7.64. The molecule has 3 N–H and O–H groups in total. The Hall–Kier alpha value is -2.96. The number of hydrogen-bond acceptors (Lipinski definition) is 9. The molecule has 9 nitrogen and oxygen atoms in total. The number of pyridine rings is 1. The third-order valence-corrected chi connectivity index (χ3v) is 8.18. The van der Waals surface area contributed by atoms with Crippen LogP contribution in [0.3, 0.4) is 0 Å². The van der Waals surface area contributed by atoms with Gasteiger partial charge in [0, 0.05) is 39.3 Å². The first-order valence-electron chi connectivity index (χ1n) is 11.6. The second kappa shape index (κ2) is 10.4. The van der Waals surface area contributed by atoms with Gasteiger partial charge in [-0.1, -0.05) is 17.7 Å². The van der Waals surface area contributed by atoms with Crippen LogP contribution in [0.4, 0.5) is 5.82 Å². The highest BCUT2D eigenvalue weighted by Gasteiger charge is 2.28. The van der Waals surface area contributed by atoms with Gasteiger partial charge in [0.25, 0.3) is 0 Å². The van der Waals surface area contributed by atoms with E-state index in [0.29, 0.717) is 27.7 Å². The lowest BCUT2D eigenvalue weighted by atomic mass is 10.0. The number of benzene rings is 1. The number of aryl methyl sites for hydroxylation is 1. The molecule has 1 saturated carbocycles. The summed E-state index contributed by atoms with van der Waals surface area (Å²) in [6.45, 7) is 2.00. The SMILES string of the molecule is Cc1sc(C(=O)c2cncnc2NC2CC[C@@H](COS(N)(=O)=O)C2)cc1-c1nccc2ccc(Cl)cc12. The third kappa shape index (κ3) is 5.81. The smallest absolute Gasteiger partial charge is 0.333 e. The number of fused-ring (bicyclic) bond motifs is 1. The number of nitrogens with zero attached hydrogens (tertiary/aromatic N) is 3. The number of aromatic nitrogens is 3. The van der Waals surface area contributed by atoms with Crippen LogP contribution >= 0.6 is 22.9 Å². The summed E-state index contributed by atoms with van der Waals surface area (Å²) in [6.07, 6.45) is 6.89. The van der Waals surface area contributed by atoms with Crippen LogP contribution < -0.4 is 10.5 Å². The van der Waals surface area contributed by atoms with Crippen molar-refractivity contribution in [1.82, 2.24) is 15.0 Å². The maximum absolute atomic E-state index is 13.6. The van der Waals surface area contributed by atoms with Crippen molar-refractivity contribution in [1.29, 1.82) is 0 Å². The monoisotopic (exact) mass is 557 g/mol. The number of rotatable bonds is 8. The first-order chi connectivity index (χ1) is 17.7. The van der Waals surface area contributed by atoms with Gasteiger partial charge in [-0.15, -0.1) is 11.3 Å². The fourth-order valence-electron chi connectivity index (χ4n) is 4.67. The number of nitrogens with one attached hydrogen (secondary N) is 1. The summed E-state index contributed by atoms with van der Waals surface area (Å²) in [4.78, 5) is 28.1. The van der Waals surface area contributed by atoms with E-state index in [0.717, 1.165) is 39.7 Å². The van der Waals surface area contributed by atoms with E-state index >= 15 is 0 Å². The van der Waals surface area contributed by atoms with Crippen LogP contribution in [0.15, 0.2) is 49.1 Å². The van der Waals surface area contributed by atoms with Crippen LogP contribution in [-0.2, 0) is 14.5 Å². The van der Waals surface area contributed by atoms with Crippen LogP contribution in [0.5, 0.6) is 0 Å². The van der Waals surface area contributed by atoms with Crippen molar-refractivity contribution in [2.24, 2.45) is 11.1 Å². The Labute approximate surface area is 223 Å². The first kappa shape index (κ1) is 25.7. The average molecular weight is 558 g/mol. The lowest BCUT2D eigenvalue weighted by Gasteiger charge is -2.15. The number of nitrogens with two attached hydrogens (primary N) is 1. The fourth-order valence-corrected chi connectivity index (χ4v) is 6.20. The van der Waals surface area contributed by atoms with Gasteiger partial charge in [-0.2, -0.15) is 8.42 Å². The van der Waals surface area contributed by atoms with Gasteiger partial charge in [-0.25, -0.2) is 15.1 Å². The van der Waals surface area contributed by atoms with Crippen molar-refractivity contribution in [2.45, 2.75) is 32.2 Å². The molecule has 0 radical (unpaired) electrons. The maximum atomic E-state index is 13.6. The summed E-state index contributed by atoms with van der Waals surface area (Å²) in [6, 6.07) is 9.47. The van der Waals surface area contributed by atoms with E-state index in [9.17, 15) is 13.2 Å². The topological polar surface area (TPSA) is 137 Å². The molecule has 2 atom stereocenters. The minimum Gasteiger partial charge on any atom is -0.367 e. The molecule has 1 fully saturated rings. The Kier molecular flexibility index (Phi) is 7.24. The Morgan fingerprint density at radius 3 is 2.89 bits per heavy atom. The van der Waals surface area contributed by atoms with Crippen LogP contribution in [0.1, 0.15) is 39.4 Å². The minimum absolute atomic E-state index is 0.0146. The number of anilines is 1. The summed E-state index contributed by atoms with van der Waals surface area (Å²) in [7, 11) is -3.97. The molecular formula is C25H24ClN5O4S2. The van der Waals surface area contributed by atoms with Gasteiger partial charge in [0.15, 0.2) is 0 Å². The molecule has 0 amide bonds. The Morgan fingerprint density at radius 2 is 2.08 bits per heavy atom. The Bertz CT molecular complexity index is 1590. The molecular weight excluding hydrogens is 534 g/mol. The van der Waals surface area contributed by atoms with Crippen LogP contribution in [0.2, 0.25) is 5.02 Å². The van der Waals surface area contributed by atoms with Crippen molar-refractivity contribution in [3.63, 3.8) is 0 Å². The summed E-state index contributed by atoms with van der Waals surface area (Å²) < 4.78 is 26.9. The van der Waals surface area contributed by atoms with Crippen LogP contribution in [0, 0.1) is 12.8 Å². The molecule has 1 aromatic carbocycles. The summed E-state index contributed by atoms with van der Waals surface area (Å²) in [5, 5.41) is 10.8. The third-order valence-electron chi connectivity index (χ3n) is 6.43. The lowest BCUT2D eigenvalue weighted by molar-refractivity contribution is 0.104. The molecule has 0 saturated heterocycles. The standard InChI is InChI=1S/C25H24ClN5O4S2/c1-14-19(23-20-9-17(26)4-3-16(20)6-7-29-23)10-22(36-14)24(32)21-11-28-13-30-25(21)31-18-5-2-15(8-18)12-35-37(27,33)34/h3-4,6-7,9-11,13,15,18H,2,5,8,12H2,1H3,(H2,27,33,34)(H,28,30,31)/t15-,18?/m1/s1. The maximum Gasteiger partial charge on any atom is 0.333 e. The highest BCUT2D eigenvalue weighted by Crippen LogP contribution is 2.36. The van der Waals surface area contributed by atoms with Crippen molar-refractivity contribution < 1.29 is 17.4 Å². The number of halogens is 1. The van der Waals surface area contributed by atoms with E-state index in [4.69, 9.17) is 20.9 Å². The molecule has 1 aliphatic carbocycles. The Balaban J connectivity index is 1.38. The van der Waals surface area contributed by atoms with Crippen LogP contribution in [0.25, 0.3) is 22.0 Å². The van der Waals surface area contributed by atoms with Gasteiger partial charge in [0.05, 0.1) is 22.7 Å². The number of hydrogen-bond donors (Lipinski definition) is 2. The van der Waals surface area contributed by atoms with Crippen molar-refractivity contribution in [2.75, 3.05) is 11.9 Å². The molecule has 3 heterocycles. The molecule has 0 bridgehead atoms. The molecule has 3 aromatic heterocycles. The number of thiophene rings is 1. The highest BCUT2D eigenvalue weighted by atomic mass is 35.5. The number of carbonyl (C=O) groups is 1. The van der Waals surface area contributed by atoms with E-state index < -0.39 is 10.3 Å². The first-order valence-corrected chi connectivity index (χ1v) is 14.3. The largest absolute Gasteiger partial charge is 0.367 e. The zero-order chi connectivity index (χ0) is 26.2. The predicted molar refractivity (Wildman–Crippen MR) is 144 cm³/mol. The van der Waals surface area contributed by atoms with Gasteiger partial charge < -0.3 is 5.32 Å². The van der Waals surface area contributed by atoms with E-state index in [-0.39, 0.29) is 24.3 Å². The van der Waals surface area contributed by atoms with E-state index in [1.807, 2.05) is 37.3 Å². The quantitative estimate of drug-likeness (QED) is 0.296. The molecule has 0 aliphatic heterocycles. The van der Waals surface area contributed by atoms with Crippen molar-refractivity contribution in [3.05, 3.63) is 69.4 Å². The molecule has 37 heavy (non-hydrogen) atoms. The summed E-state index contributed by atoms with van der Waals surface area (Å²) in [5.41, 5.74) is 2.02. The average Bonchev–Trinajstić information content (AvgIpc) is 3.48. The molecule has 5 rings (SSSR count). The normalized spacial score (nSPS) is 17.8. The molecule has 12 heteroatoms. The second-order valence-corrected chi connectivity index (χ2v) is 11.9. The summed E-state index contributed by atoms with van der Waals surface area (Å²) in [5.74, 6) is 0.300. The van der Waals surface area contributed by atoms with Gasteiger partial charge >= 0.3 is 10.3 Å². The van der Waals surface area contributed by atoms with Gasteiger partial charge in [0.2, 0.25) is 5.78 Å². The number of ketones is 1. The zero-order valence-corrected chi connectivity index (χ0v) is 22.2. The minimum atomic E-state index is -3.97. The van der Waals surface area contributed by atoms with Gasteiger partial charge in [0.1, 0.15) is 12.1 Å². The Morgan fingerprint density at radius 1 is 1.24 bits per heavy atom. The van der Waals surface area contributed by atoms with Crippen molar-refractivity contribution >= 4 is 55.6 Å². The fraction of sp³-hybridized carbons (Fsp3) is 0.280. The zero-order valence-electron chi connectivity index (χ0n) is 19.8. The predicted octanol–water partition coefficient (Wildman–Crippen LogP) is 4.75. The van der Waals surface area contributed by atoms with E-state index in [1.165, 1.54) is 23.9 Å². The molecule has 1 aliphatic rings. The van der Waals surface area contributed by atoms with E-state index in [1.54, 1.807) is 6.20 Å². The molecule has 192 valence electrons.